The van der Waals surface area contributed by atoms with Gasteiger partial charge in [0, 0.05) is 0 Å². The number of rotatable bonds is 4. The molecule has 0 spiro atoms. The van der Waals surface area contributed by atoms with Gasteiger partial charge in [0.2, 0.25) is 0 Å². The quantitative estimate of drug-likeness (QED) is 0.491. The fourth-order valence-corrected chi connectivity index (χ4v) is 1.42. The van der Waals surface area contributed by atoms with Gasteiger partial charge in [-0.1, -0.05) is 12.1 Å². The summed E-state index contributed by atoms with van der Waals surface area (Å²) in [6, 6.07) is 5.98. The summed E-state index contributed by atoms with van der Waals surface area (Å²) < 4.78 is 33.6. The molecule has 0 unspecified atom stereocenters. The van der Waals surface area contributed by atoms with Crippen LogP contribution in [-0.4, -0.2) is 19.3 Å². The van der Waals surface area contributed by atoms with E-state index < -0.39 is 10.4 Å². The summed E-state index contributed by atoms with van der Waals surface area (Å²) in [7, 11) is -4.52. The molecule has 0 aliphatic carbocycles. The minimum Gasteiger partial charge on any atom is -0.362 e. The van der Waals surface area contributed by atoms with E-state index in [-0.39, 0.29) is 5.75 Å². The fraction of sp³-hybridized carbons (Fsp3) is 0.100. The van der Waals surface area contributed by atoms with Crippen molar-refractivity contribution >= 4 is 22.8 Å². The first-order chi connectivity index (χ1) is 7.40. The number of benzene rings is 1. The van der Waals surface area contributed by atoms with Crippen LogP contribution in [0.25, 0.3) is 6.08 Å². The second-order valence-corrected chi connectivity index (χ2v) is 4.11. The molecule has 6 heteroatoms. The highest BCUT2D eigenvalue weighted by Crippen LogP contribution is 2.16. The number of carbonyl (C=O) groups excluding carboxylic acids is 1. The van der Waals surface area contributed by atoms with E-state index in [1.54, 1.807) is 25.1 Å². The lowest BCUT2D eigenvalue weighted by atomic mass is 10.1. The molecule has 1 aromatic rings. The first kappa shape index (κ1) is 12.4. The third-order valence-electron chi connectivity index (χ3n) is 1.64. The Morgan fingerprint density at radius 2 is 2.12 bits per heavy atom. The summed E-state index contributed by atoms with van der Waals surface area (Å²) in [5.41, 5.74) is 1.09. The molecule has 1 aromatic carbocycles. The number of carbonyl (C=O) groups is 1. The maximum atomic E-state index is 10.5. The van der Waals surface area contributed by atoms with Gasteiger partial charge in [0.15, 0.2) is 0 Å². The normalized spacial score (nSPS) is 12.2. The molecule has 0 aliphatic heterocycles. The molecule has 16 heavy (non-hydrogen) atoms. The lowest BCUT2D eigenvalue weighted by molar-refractivity contribution is -0.104. The van der Waals surface area contributed by atoms with Gasteiger partial charge in [-0.3, -0.25) is 9.35 Å². The second kappa shape index (κ2) is 4.91. The highest BCUT2D eigenvalue weighted by Gasteiger charge is 2.06. The monoisotopic (exact) mass is 242 g/mol. The van der Waals surface area contributed by atoms with Crippen LogP contribution in [0.3, 0.4) is 0 Å². The van der Waals surface area contributed by atoms with Crippen LogP contribution in [0, 0.1) is 0 Å². The molecule has 0 radical (unpaired) electrons. The van der Waals surface area contributed by atoms with Crippen molar-refractivity contribution < 1.29 is 21.9 Å². The molecule has 1 rings (SSSR count). The minimum absolute atomic E-state index is 0.0186. The Morgan fingerprint density at radius 3 is 2.69 bits per heavy atom. The third kappa shape index (κ3) is 4.24. The van der Waals surface area contributed by atoms with Gasteiger partial charge < -0.3 is 4.18 Å². The van der Waals surface area contributed by atoms with Gasteiger partial charge in [0.05, 0.1) is 0 Å². The van der Waals surface area contributed by atoms with E-state index in [4.69, 9.17) is 4.55 Å². The molecule has 0 atom stereocenters. The molecule has 0 bridgehead atoms. The topological polar surface area (TPSA) is 80.7 Å². The van der Waals surface area contributed by atoms with Crippen molar-refractivity contribution in [3.8, 4) is 5.75 Å². The summed E-state index contributed by atoms with van der Waals surface area (Å²) in [5.74, 6) is -0.0186. The Hall–Kier alpha value is -1.66. The Morgan fingerprint density at radius 1 is 1.44 bits per heavy atom. The maximum Gasteiger partial charge on any atom is 0.446 e. The molecule has 0 saturated heterocycles. The van der Waals surface area contributed by atoms with Crippen molar-refractivity contribution in [3.05, 3.63) is 35.4 Å². The molecule has 0 saturated carbocycles. The van der Waals surface area contributed by atoms with Crippen LogP contribution < -0.4 is 4.18 Å². The zero-order valence-electron chi connectivity index (χ0n) is 8.45. The van der Waals surface area contributed by atoms with Crippen LogP contribution in [0.2, 0.25) is 0 Å². The second-order valence-electron chi connectivity index (χ2n) is 3.09. The zero-order chi connectivity index (χ0) is 12.2. The molecule has 0 aliphatic rings. The van der Waals surface area contributed by atoms with Crippen LogP contribution in [0.15, 0.2) is 29.8 Å². The molecule has 0 aromatic heterocycles. The predicted molar refractivity (Wildman–Crippen MR) is 58.3 cm³/mol. The summed E-state index contributed by atoms with van der Waals surface area (Å²) in [4.78, 5) is 10.4. The summed E-state index contributed by atoms with van der Waals surface area (Å²) >= 11 is 0. The molecule has 0 fully saturated rings. The van der Waals surface area contributed by atoms with Gasteiger partial charge in [0.1, 0.15) is 12.0 Å². The van der Waals surface area contributed by atoms with Crippen LogP contribution >= 0.6 is 0 Å². The fourth-order valence-electron chi connectivity index (χ4n) is 1.07. The van der Waals surface area contributed by atoms with Gasteiger partial charge in [-0.25, -0.2) is 0 Å². The van der Waals surface area contributed by atoms with Gasteiger partial charge in [0.25, 0.3) is 0 Å². The average molecular weight is 242 g/mol. The standard InChI is InChI=1S/C10H10O5S/c1-8(7-11)5-9-3-2-4-10(6-9)15-16(12,13)14/h2-7H,1H3,(H,12,13,14)/b8-5-. The van der Waals surface area contributed by atoms with Gasteiger partial charge >= 0.3 is 10.4 Å². The van der Waals surface area contributed by atoms with E-state index in [2.05, 4.69) is 4.18 Å². The minimum atomic E-state index is -4.52. The van der Waals surface area contributed by atoms with E-state index in [1.807, 2.05) is 0 Å². The molecule has 0 amide bonds. The Kier molecular flexibility index (Phi) is 3.81. The number of hydrogen-bond acceptors (Lipinski definition) is 4. The molecule has 86 valence electrons. The van der Waals surface area contributed by atoms with Crippen molar-refractivity contribution in [2.75, 3.05) is 0 Å². The highest BCUT2D eigenvalue weighted by atomic mass is 32.3. The van der Waals surface area contributed by atoms with Crippen LogP contribution in [-0.2, 0) is 15.2 Å². The summed E-state index contributed by atoms with van der Waals surface area (Å²) in [5, 5.41) is 0. The largest absolute Gasteiger partial charge is 0.446 e. The number of allylic oxidation sites excluding steroid dienone is 1. The maximum absolute atomic E-state index is 10.5. The first-order valence-electron chi connectivity index (χ1n) is 4.31. The average Bonchev–Trinajstić information content (AvgIpc) is 2.15. The van der Waals surface area contributed by atoms with Crippen LogP contribution in [0.4, 0.5) is 0 Å². The first-order valence-corrected chi connectivity index (χ1v) is 5.67. The predicted octanol–water partition coefficient (Wildman–Crippen LogP) is 1.47. The number of hydrogen-bond donors (Lipinski definition) is 1. The molecular weight excluding hydrogens is 232 g/mol. The summed E-state index contributed by atoms with van der Waals surface area (Å²) in [6.07, 6.45) is 2.24. The van der Waals surface area contributed by atoms with Crippen molar-refractivity contribution in [2.24, 2.45) is 0 Å². The molecular formula is C10H10O5S. The van der Waals surface area contributed by atoms with E-state index in [9.17, 15) is 13.2 Å². The molecule has 5 nitrogen and oxygen atoms in total. The number of aldehydes is 1. The Bertz CT molecular complexity index is 516. The van der Waals surface area contributed by atoms with Crippen LogP contribution in [0.5, 0.6) is 5.75 Å². The Balaban J connectivity index is 3.00. The van der Waals surface area contributed by atoms with Gasteiger partial charge in [-0.2, -0.15) is 8.42 Å². The molecule has 0 heterocycles. The van der Waals surface area contributed by atoms with Crippen molar-refractivity contribution in [1.29, 1.82) is 0 Å². The Labute approximate surface area is 93.3 Å². The van der Waals surface area contributed by atoms with Gasteiger partial charge in [-0.05, 0) is 36.3 Å². The van der Waals surface area contributed by atoms with E-state index in [1.165, 1.54) is 12.1 Å². The SMILES string of the molecule is C/C(C=O)=C/c1cccc(OS(=O)(=O)O)c1. The van der Waals surface area contributed by atoms with Crippen LogP contribution in [0.1, 0.15) is 12.5 Å². The van der Waals surface area contributed by atoms with E-state index >= 15 is 0 Å². The highest BCUT2D eigenvalue weighted by molar-refractivity contribution is 7.81. The van der Waals surface area contributed by atoms with Crippen molar-refractivity contribution in [1.82, 2.24) is 0 Å². The van der Waals surface area contributed by atoms with Crippen molar-refractivity contribution in [3.63, 3.8) is 0 Å². The third-order valence-corrected chi connectivity index (χ3v) is 2.04. The molecule has 1 N–H and O–H groups in total. The summed E-state index contributed by atoms with van der Waals surface area (Å²) in [6.45, 7) is 1.61. The van der Waals surface area contributed by atoms with Crippen molar-refractivity contribution in [2.45, 2.75) is 6.92 Å². The smallest absolute Gasteiger partial charge is 0.362 e. The van der Waals surface area contributed by atoms with Gasteiger partial charge in [-0.15, -0.1) is 0 Å². The van der Waals surface area contributed by atoms with E-state index in [0.29, 0.717) is 17.4 Å². The lowest BCUT2D eigenvalue weighted by Crippen LogP contribution is -2.06. The van der Waals surface area contributed by atoms with E-state index in [0.717, 1.165) is 0 Å². The zero-order valence-corrected chi connectivity index (χ0v) is 9.27. The lowest BCUT2D eigenvalue weighted by Gasteiger charge is -2.02.